The topological polar surface area (TPSA) is 212 Å². The SMILES string of the molecule is Nc1nc2c(c(=O)[nH]1)NC(CNc1ccc(C(=O)N[C@@H](CC(Cc3cccs3)C(=O)O)C(=O)O)cc1)CN2. The number of H-pyrrole nitrogens is 1. The molecule has 2 aromatic heterocycles. The molecule has 9 N–H and O–H groups in total. The zero-order chi connectivity index (χ0) is 27.2. The first-order chi connectivity index (χ1) is 18.2. The number of carbonyl (C=O) groups is 3. The first-order valence-electron chi connectivity index (χ1n) is 11.7. The van der Waals surface area contributed by atoms with E-state index in [9.17, 15) is 29.4 Å². The van der Waals surface area contributed by atoms with Crippen LogP contribution in [0, 0.1) is 5.92 Å². The normalized spacial score (nSPS) is 15.7. The maximum Gasteiger partial charge on any atom is 0.326 e. The van der Waals surface area contributed by atoms with Crippen LogP contribution in [0.3, 0.4) is 0 Å². The molecule has 4 rings (SSSR count). The van der Waals surface area contributed by atoms with Gasteiger partial charge in [0, 0.05) is 29.2 Å². The number of carbonyl (C=O) groups excluding carboxylic acids is 1. The number of hydrogen-bond acceptors (Lipinski definition) is 10. The fraction of sp³-hybridized carbons (Fsp3) is 0.292. The summed E-state index contributed by atoms with van der Waals surface area (Å²) in [6.07, 6.45) is -0.0621. The van der Waals surface area contributed by atoms with Gasteiger partial charge in [-0.25, -0.2) is 4.79 Å². The second kappa shape index (κ2) is 11.6. The van der Waals surface area contributed by atoms with Crippen LogP contribution in [0.2, 0.25) is 0 Å². The molecule has 3 aromatic rings. The van der Waals surface area contributed by atoms with E-state index in [1.54, 1.807) is 24.3 Å². The number of nitrogen functional groups attached to an aromatic ring is 1. The Morgan fingerprint density at radius 2 is 1.92 bits per heavy atom. The van der Waals surface area contributed by atoms with Gasteiger partial charge in [0.2, 0.25) is 5.95 Å². The molecule has 0 saturated carbocycles. The van der Waals surface area contributed by atoms with Crippen molar-refractivity contribution in [3.05, 3.63) is 62.6 Å². The van der Waals surface area contributed by atoms with Crippen LogP contribution < -0.4 is 32.6 Å². The third-order valence-electron chi connectivity index (χ3n) is 6.00. The van der Waals surface area contributed by atoms with E-state index in [2.05, 4.69) is 31.2 Å². The summed E-state index contributed by atoms with van der Waals surface area (Å²) in [5.41, 5.74) is 6.42. The van der Waals surface area contributed by atoms with Crippen molar-refractivity contribution in [3.8, 4) is 0 Å². The predicted octanol–water partition coefficient (Wildman–Crippen LogP) is 1.25. The van der Waals surface area contributed by atoms with Gasteiger partial charge in [0.05, 0.1) is 12.0 Å². The average Bonchev–Trinajstić information content (AvgIpc) is 3.40. The number of anilines is 4. The van der Waals surface area contributed by atoms with Crippen molar-refractivity contribution in [1.29, 1.82) is 0 Å². The van der Waals surface area contributed by atoms with Crippen LogP contribution in [0.15, 0.2) is 46.6 Å². The molecule has 0 saturated heterocycles. The highest BCUT2D eigenvalue weighted by Crippen LogP contribution is 2.21. The highest BCUT2D eigenvalue weighted by atomic mass is 32.1. The molecule has 1 aromatic carbocycles. The minimum Gasteiger partial charge on any atom is -0.481 e. The van der Waals surface area contributed by atoms with E-state index >= 15 is 0 Å². The van der Waals surface area contributed by atoms with Crippen molar-refractivity contribution in [1.82, 2.24) is 15.3 Å². The molecule has 1 aliphatic rings. The molecular weight excluding hydrogens is 514 g/mol. The smallest absolute Gasteiger partial charge is 0.326 e. The maximum atomic E-state index is 12.7. The van der Waals surface area contributed by atoms with E-state index in [4.69, 9.17) is 5.73 Å². The summed E-state index contributed by atoms with van der Waals surface area (Å²) in [6.45, 7) is 0.945. The molecule has 200 valence electrons. The summed E-state index contributed by atoms with van der Waals surface area (Å²) in [7, 11) is 0. The molecule has 3 atom stereocenters. The number of amides is 1. The summed E-state index contributed by atoms with van der Waals surface area (Å²) < 4.78 is 0. The molecule has 0 bridgehead atoms. The monoisotopic (exact) mass is 541 g/mol. The number of thiophene rings is 1. The first-order valence-corrected chi connectivity index (χ1v) is 12.6. The van der Waals surface area contributed by atoms with E-state index in [0.29, 0.717) is 30.3 Å². The Bertz CT molecular complexity index is 1360. The van der Waals surface area contributed by atoms with Gasteiger partial charge in [0.15, 0.2) is 5.82 Å². The Labute approximate surface area is 220 Å². The predicted molar refractivity (Wildman–Crippen MR) is 143 cm³/mol. The largest absolute Gasteiger partial charge is 0.481 e. The fourth-order valence-electron chi connectivity index (χ4n) is 4.02. The van der Waals surface area contributed by atoms with Crippen LogP contribution in [0.4, 0.5) is 23.1 Å². The minimum absolute atomic E-state index is 0.0264. The molecule has 14 heteroatoms. The Morgan fingerprint density at radius 1 is 1.16 bits per heavy atom. The summed E-state index contributed by atoms with van der Waals surface area (Å²) in [5.74, 6) is -3.59. The Balaban J connectivity index is 1.32. The lowest BCUT2D eigenvalue weighted by Gasteiger charge is -2.27. The number of hydrogen-bond donors (Lipinski definition) is 8. The lowest BCUT2D eigenvalue weighted by molar-refractivity contribution is -0.144. The zero-order valence-corrected chi connectivity index (χ0v) is 20.9. The van der Waals surface area contributed by atoms with Gasteiger partial charge >= 0.3 is 11.9 Å². The summed E-state index contributed by atoms with van der Waals surface area (Å²) >= 11 is 1.39. The van der Waals surface area contributed by atoms with Gasteiger partial charge in [-0.2, -0.15) is 4.98 Å². The number of aromatic amines is 1. The molecule has 1 aliphatic heterocycles. The molecule has 0 fully saturated rings. The third kappa shape index (κ3) is 6.59. The number of carboxylic acid groups (broad SMARTS) is 2. The molecule has 2 unspecified atom stereocenters. The molecule has 38 heavy (non-hydrogen) atoms. The van der Waals surface area contributed by atoms with Crippen LogP contribution >= 0.6 is 11.3 Å². The third-order valence-corrected chi connectivity index (χ3v) is 6.90. The van der Waals surface area contributed by atoms with Crippen LogP contribution in [-0.2, 0) is 16.0 Å². The molecule has 1 amide bonds. The lowest BCUT2D eigenvalue weighted by atomic mass is 9.95. The fourth-order valence-corrected chi connectivity index (χ4v) is 4.81. The van der Waals surface area contributed by atoms with Gasteiger partial charge in [-0.15, -0.1) is 11.3 Å². The van der Waals surface area contributed by atoms with Gasteiger partial charge in [0.1, 0.15) is 11.7 Å². The van der Waals surface area contributed by atoms with Crippen molar-refractivity contribution >= 4 is 52.3 Å². The Morgan fingerprint density at radius 3 is 2.58 bits per heavy atom. The first kappa shape index (κ1) is 26.5. The van der Waals surface area contributed by atoms with E-state index in [-0.39, 0.29) is 36.0 Å². The number of aliphatic carboxylic acids is 2. The summed E-state index contributed by atoms with van der Waals surface area (Å²) in [4.78, 5) is 55.6. The average molecular weight is 542 g/mol. The number of aromatic nitrogens is 2. The van der Waals surface area contributed by atoms with E-state index in [1.165, 1.54) is 23.5 Å². The van der Waals surface area contributed by atoms with Crippen LogP contribution in [-0.4, -0.2) is 63.2 Å². The second-order valence-electron chi connectivity index (χ2n) is 8.77. The Hall–Kier alpha value is -4.59. The van der Waals surface area contributed by atoms with Crippen molar-refractivity contribution in [2.45, 2.75) is 24.9 Å². The number of carboxylic acids is 2. The zero-order valence-electron chi connectivity index (χ0n) is 20.1. The number of rotatable bonds is 11. The number of nitrogens with zero attached hydrogens (tertiary/aromatic N) is 1. The molecule has 13 nitrogen and oxygen atoms in total. The highest BCUT2D eigenvalue weighted by molar-refractivity contribution is 7.09. The molecule has 3 heterocycles. The number of benzene rings is 1. The van der Waals surface area contributed by atoms with Gasteiger partial charge in [-0.05, 0) is 48.6 Å². The van der Waals surface area contributed by atoms with Crippen LogP contribution in [0.1, 0.15) is 21.7 Å². The molecule has 0 spiro atoms. The lowest BCUT2D eigenvalue weighted by Crippen LogP contribution is -2.43. The molecule has 0 radical (unpaired) electrons. The van der Waals surface area contributed by atoms with Gasteiger partial charge in [-0.3, -0.25) is 19.4 Å². The second-order valence-corrected chi connectivity index (χ2v) is 9.81. The van der Waals surface area contributed by atoms with Gasteiger partial charge in [0.25, 0.3) is 11.5 Å². The maximum absolute atomic E-state index is 12.7. The number of nitrogens with two attached hydrogens (primary N) is 1. The minimum atomic E-state index is -1.36. The summed E-state index contributed by atoms with van der Waals surface area (Å²) in [5, 5.41) is 32.8. The standard InChI is InChI=1S/C24H27N7O6S/c25-24-30-19-18(21(33)31-24)28-15(11-27-19)10-26-14-5-3-12(4-6-14)20(32)29-17(23(36)37)9-13(22(34)35)8-16-2-1-7-38-16/h1-7,13,15,17,26,28H,8-11H2,(H,29,32)(H,34,35)(H,36,37)(H4,25,27,30,31,33)/t13?,15?,17-/m0/s1. The van der Waals surface area contributed by atoms with Crippen molar-refractivity contribution in [3.63, 3.8) is 0 Å². The van der Waals surface area contributed by atoms with Crippen LogP contribution in [0.5, 0.6) is 0 Å². The van der Waals surface area contributed by atoms with Crippen molar-refractivity contribution < 1.29 is 24.6 Å². The van der Waals surface area contributed by atoms with Gasteiger partial charge in [-0.1, -0.05) is 6.07 Å². The molecule has 0 aliphatic carbocycles. The van der Waals surface area contributed by atoms with E-state index in [0.717, 1.165) is 4.88 Å². The number of nitrogens with one attached hydrogen (secondary N) is 5. The quantitative estimate of drug-likeness (QED) is 0.173. The van der Waals surface area contributed by atoms with Gasteiger partial charge < -0.3 is 37.2 Å². The summed E-state index contributed by atoms with van der Waals surface area (Å²) in [6, 6.07) is 8.50. The van der Waals surface area contributed by atoms with Crippen LogP contribution in [0.25, 0.3) is 0 Å². The van der Waals surface area contributed by atoms with Crippen molar-refractivity contribution in [2.75, 3.05) is 34.8 Å². The molecular formula is C24H27N7O6S. The van der Waals surface area contributed by atoms with E-state index < -0.39 is 29.8 Å². The highest BCUT2D eigenvalue weighted by Gasteiger charge is 2.29. The Kier molecular flexibility index (Phi) is 8.11. The van der Waals surface area contributed by atoms with Crippen molar-refractivity contribution in [2.24, 2.45) is 5.92 Å². The number of fused-ring (bicyclic) bond motifs is 1. The van der Waals surface area contributed by atoms with E-state index in [1.807, 2.05) is 5.38 Å².